The molecule has 0 radical (unpaired) electrons. The molecule has 3 heterocycles. The summed E-state index contributed by atoms with van der Waals surface area (Å²) in [6.45, 7) is 0.242. The molecule has 2 aliphatic carbocycles. The van der Waals surface area contributed by atoms with Crippen LogP contribution in [-0.2, 0) is 42.7 Å². The van der Waals surface area contributed by atoms with Crippen molar-refractivity contribution in [2.75, 3.05) is 46.2 Å². The van der Waals surface area contributed by atoms with E-state index in [2.05, 4.69) is 0 Å². The van der Waals surface area contributed by atoms with Gasteiger partial charge in [0.05, 0.1) is 82.7 Å². The average Bonchev–Trinajstić information content (AvgIpc) is 3.13. The quantitative estimate of drug-likeness (QED) is 0.0754. The van der Waals surface area contributed by atoms with E-state index in [1.165, 1.54) is 6.92 Å². The Hall–Kier alpha value is -1.63. The topological polar surface area (TPSA) is 293 Å². The largest absolute Gasteiger partial charge is 0.489 e. The van der Waals surface area contributed by atoms with Crippen molar-refractivity contribution < 1.29 is 93.8 Å². The third kappa shape index (κ3) is 9.24. The third-order valence-electron chi connectivity index (χ3n) is 10.4. The molecule has 4 fully saturated rings. The van der Waals surface area contributed by atoms with Gasteiger partial charge in [0.2, 0.25) is 17.8 Å². The van der Waals surface area contributed by atoms with E-state index in [0.717, 1.165) is 0 Å². The molecule has 3 aliphatic heterocycles. The Morgan fingerprint density at radius 2 is 1.31 bits per heavy atom. The second-order valence-electron chi connectivity index (χ2n) is 13.9. The molecular weight excluding hydrogens is 700 g/mol. The molecule has 0 aromatic carbocycles. The molecule has 0 aromatic heterocycles. The zero-order valence-corrected chi connectivity index (χ0v) is 28.9. The van der Waals surface area contributed by atoms with Gasteiger partial charge in [-0.2, -0.15) is 0 Å². The van der Waals surface area contributed by atoms with Gasteiger partial charge < -0.3 is 89.0 Å². The molecule has 0 amide bonds. The molecule has 10 N–H and O–H groups in total. The first kappa shape index (κ1) is 41.5. The minimum absolute atomic E-state index is 0.00745. The molecule has 17 atom stereocenters. The minimum atomic E-state index is -1.89. The predicted molar refractivity (Wildman–Crippen MR) is 170 cm³/mol. The first-order valence-corrected chi connectivity index (χ1v) is 17.9. The van der Waals surface area contributed by atoms with Gasteiger partial charge in [0.15, 0.2) is 6.29 Å². The summed E-state index contributed by atoms with van der Waals surface area (Å²) in [6, 6.07) is 0. The molecule has 2 saturated heterocycles. The van der Waals surface area contributed by atoms with Crippen molar-refractivity contribution in [1.82, 2.24) is 0 Å². The summed E-state index contributed by atoms with van der Waals surface area (Å²) in [7, 11) is 0. The lowest BCUT2D eigenvalue weighted by Crippen LogP contribution is -2.61. The fourth-order valence-electron chi connectivity index (χ4n) is 7.60. The van der Waals surface area contributed by atoms with Gasteiger partial charge in [-0.05, 0) is 26.2 Å². The van der Waals surface area contributed by atoms with Crippen molar-refractivity contribution in [3.8, 4) is 0 Å². The van der Waals surface area contributed by atoms with Crippen LogP contribution in [0.25, 0.3) is 0 Å². The molecular formula is C33H54O19. The van der Waals surface area contributed by atoms with Crippen molar-refractivity contribution in [3.05, 3.63) is 11.5 Å². The van der Waals surface area contributed by atoms with Crippen molar-refractivity contribution >= 4 is 5.78 Å². The van der Waals surface area contributed by atoms with E-state index >= 15 is 0 Å². The number of aliphatic hydroxyl groups is 10. The van der Waals surface area contributed by atoms with Crippen LogP contribution < -0.4 is 0 Å². The number of ether oxygens (including phenoxy) is 8. The van der Waals surface area contributed by atoms with Crippen molar-refractivity contribution in [2.24, 2.45) is 11.8 Å². The fourth-order valence-corrected chi connectivity index (χ4v) is 7.60. The summed E-state index contributed by atoms with van der Waals surface area (Å²) in [5.41, 5.74) is 0. The van der Waals surface area contributed by atoms with Gasteiger partial charge in [-0.3, -0.25) is 4.79 Å². The zero-order valence-electron chi connectivity index (χ0n) is 28.9. The Kier molecular flexibility index (Phi) is 15.0. The molecule has 2 saturated carbocycles. The standard InChI is InChI=1S/C33H54O19/c1-14-23(38)26(41)28(43)32(49-14)48-13-21-24(39)27(42)29(44)33(51-21)52-31-25(40)22-17(37)11-16(45-7-4-34)12-20(22)50-30(31)15-2-3-18(46-8-5-35)19(10-15)47-9-6-36/h14-24,26-29,32-39,41-44H,2-13H2,1H3. The minimum Gasteiger partial charge on any atom is -0.489 e. The molecule has 52 heavy (non-hydrogen) atoms. The maximum Gasteiger partial charge on any atom is 0.229 e. The summed E-state index contributed by atoms with van der Waals surface area (Å²) in [5, 5.41) is 102. The van der Waals surface area contributed by atoms with Gasteiger partial charge in [0.1, 0.15) is 54.6 Å². The van der Waals surface area contributed by atoms with E-state index in [1.807, 2.05) is 0 Å². The van der Waals surface area contributed by atoms with Crippen LogP contribution in [0, 0.1) is 11.8 Å². The first-order valence-electron chi connectivity index (χ1n) is 17.9. The number of aliphatic hydroxyl groups excluding tert-OH is 10. The van der Waals surface area contributed by atoms with Crippen molar-refractivity contribution in [3.63, 3.8) is 0 Å². The lowest BCUT2D eigenvalue weighted by atomic mass is 9.75. The number of carbonyl (C=O) groups is 1. The lowest BCUT2D eigenvalue weighted by molar-refractivity contribution is -0.324. The smallest absolute Gasteiger partial charge is 0.229 e. The second kappa shape index (κ2) is 18.8. The van der Waals surface area contributed by atoms with Crippen LogP contribution in [0.15, 0.2) is 11.5 Å². The first-order chi connectivity index (χ1) is 24.9. The molecule has 0 bridgehead atoms. The SMILES string of the molecule is CC1OC(OCC2OC(OC3=C(C4CCC(OCCO)C(OCCO)C4)OC4CC(OCCO)CC(O)C4C3=O)C(O)C(O)C2O)C(O)C(O)C1O. The Morgan fingerprint density at radius 1 is 0.673 bits per heavy atom. The number of Topliss-reactive ketones (excluding diaryl/α,β-unsaturated/α-hetero) is 1. The highest BCUT2D eigenvalue weighted by molar-refractivity contribution is 5.97. The Balaban J connectivity index is 1.40. The second-order valence-corrected chi connectivity index (χ2v) is 13.9. The molecule has 300 valence electrons. The molecule has 0 spiro atoms. The number of carbonyl (C=O) groups excluding carboxylic acids is 1. The number of fused-ring (bicyclic) bond motifs is 1. The molecule has 17 unspecified atom stereocenters. The highest BCUT2D eigenvalue weighted by atomic mass is 16.7. The predicted octanol–water partition coefficient (Wildman–Crippen LogP) is -4.46. The van der Waals surface area contributed by atoms with Gasteiger partial charge >= 0.3 is 0 Å². The van der Waals surface area contributed by atoms with Gasteiger partial charge in [-0.15, -0.1) is 0 Å². The van der Waals surface area contributed by atoms with Gasteiger partial charge in [0, 0.05) is 18.8 Å². The van der Waals surface area contributed by atoms with Crippen LogP contribution in [-0.4, -0.2) is 195 Å². The van der Waals surface area contributed by atoms with Gasteiger partial charge in [0.25, 0.3) is 0 Å². The van der Waals surface area contributed by atoms with E-state index in [1.54, 1.807) is 0 Å². The highest BCUT2D eigenvalue weighted by Crippen LogP contribution is 2.44. The lowest BCUT2D eigenvalue weighted by Gasteiger charge is -2.46. The highest BCUT2D eigenvalue weighted by Gasteiger charge is 2.53. The zero-order chi connectivity index (χ0) is 37.7. The van der Waals surface area contributed by atoms with Crippen LogP contribution >= 0.6 is 0 Å². The molecule has 0 aromatic rings. The Labute approximate surface area is 300 Å². The molecule has 5 aliphatic rings. The summed E-state index contributed by atoms with van der Waals surface area (Å²) < 4.78 is 46.7. The normalized spacial score (nSPS) is 44.3. The van der Waals surface area contributed by atoms with Crippen LogP contribution in [0.4, 0.5) is 0 Å². The van der Waals surface area contributed by atoms with Crippen LogP contribution in [0.3, 0.4) is 0 Å². The molecule has 19 heteroatoms. The van der Waals surface area contributed by atoms with E-state index in [4.69, 9.17) is 37.9 Å². The summed E-state index contributed by atoms with van der Waals surface area (Å²) in [5.74, 6) is -2.61. The van der Waals surface area contributed by atoms with Crippen LogP contribution in [0.1, 0.15) is 39.0 Å². The monoisotopic (exact) mass is 754 g/mol. The van der Waals surface area contributed by atoms with E-state index in [9.17, 15) is 55.9 Å². The van der Waals surface area contributed by atoms with Gasteiger partial charge in [-0.1, -0.05) is 0 Å². The van der Waals surface area contributed by atoms with E-state index in [0.29, 0.717) is 12.8 Å². The van der Waals surface area contributed by atoms with E-state index < -0.39 is 116 Å². The fraction of sp³-hybridized carbons (Fsp3) is 0.909. The number of ketones is 1. The maximum absolute atomic E-state index is 14.3. The summed E-state index contributed by atoms with van der Waals surface area (Å²) in [4.78, 5) is 14.3. The van der Waals surface area contributed by atoms with Gasteiger partial charge in [-0.25, -0.2) is 0 Å². The van der Waals surface area contributed by atoms with Crippen LogP contribution in [0.5, 0.6) is 0 Å². The molecule has 19 nitrogen and oxygen atoms in total. The van der Waals surface area contributed by atoms with Crippen LogP contribution in [0.2, 0.25) is 0 Å². The average molecular weight is 755 g/mol. The number of hydrogen-bond donors (Lipinski definition) is 10. The maximum atomic E-state index is 14.3. The Morgan fingerprint density at radius 3 is 2.00 bits per heavy atom. The Bertz CT molecular complexity index is 1170. The summed E-state index contributed by atoms with van der Waals surface area (Å²) in [6.07, 6.45) is -18.1. The number of rotatable bonds is 15. The third-order valence-corrected chi connectivity index (χ3v) is 10.4. The number of allylic oxidation sites excluding steroid dienone is 2. The van der Waals surface area contributed by atoms with E-state index in [-0.39, 0.29) is 70.4 Å². The molecule has 5 rings (SSSR count). The summed E-state index contributed by atoms with van der Waals surface area (Å²) >= 11 is 0. The van der Waals surface area contributed by atoms with Crippen molar-refractivity contribution in [2.45, 2.75) is 131 Å². The number of hydrogen-bond acceptors (Lipinski definition) is 19. The van der Waals surface area contributed by atoms with Crippen molar-refractivity contribution in [1.29, 1.82) is 0 Å².